The van der Waals surface area contributed by atoms with Crippen molar-refractivity contribution < 1.29 is 13.3 Å². The smallest absolute Gasteiger partial charge is 0.223 e. The third-order valence-corrected chi connectivity index (χ3v) is 6.58. The average Bonchev–Trinajstić information content (AvgIpc) is 2.46. The summed E-state index contributed by atoms with van der Waals surface area (Å²) in [5.41, 5.74) is 5.15. The van der Waals surface area contributed by atoms with E-state index < -0.39 is 8.80 Å². The number of hydrogen-bond donors (Lipinski definition) is 2. The molecule has 22 heavy (non-hydrogen) atoms. The Morgan fingerprint density at radius 1 is 1.14 bits per heavy atom. The fourth-order valence-corrected chi connectivity index (χ4v) is 5.70. The minimum atomic E-state index is -2.29. The number of nitrogens with zero attached hydrogens (tertiary/aromatic N) is 3. The molecule has 0 atom stereocenters. The molecule has 0 amide bonds. The Balaban J connectivity index is 0.000000461. The van der Waals surface area contributed by atoms with E-state index >= 15 is 0 Å². The number of anilines is 1. The maximum atomic E-state index is 5.72. The molecule has 0 fully saturated rings. The zero-order valence-electron chi connectivity index (χ0n) is 13.9. The molecule has 122 valence electrons. The molecule has 1 aromatic rings. The van der Waals surface area contributed by atoms with Gasteiger partial charge in [0.2, 0.25) is 5.95 Å². The summed E-state index contributed by atoms with van der Waals surface area (Å²) < 4.78 is 18.5. The van der Waals surface area contributed by atoms with Crippen LogP contribution < -0.4 is 5.73 Å². The predicted molar refractivity (Wildman–Crippen MR) is 92.1 cm³/mol. The van der Waals surface area contributed by atoms with Gasteiger partial charge in [0.05, 0.1) is 0 Å². The Kier molecular flexibility index (Phi) is 13.8. The molecule has 0 aromatic carbocycles. The van der Waals surface area contributed by atoms with Gasteiger partial charge in [-0.3, -0.25) is 0 Å². The molecule has 0 saturated carbocycles. The van der Waals surface area contributed by atoms with Crippen molar-refractivity contribution in [3.05, 3.63) is 6.33 Å². The van der Waals surface area contributed by atoms with Gasteiger partial charge >= 0.3 is 107 Å². The first-order valence-corrected chi connectivity index (χ1v) is 11.4. The third-order valence-electron chi connectivity index (χ3n) is 2.51. The van der Waals surface area contributed by atoms with Gasteiger partial charge in [0.25, 0.3) is 0 Å². The molecule has 0 aliphatic heterocycles. The zero-order valence-corrected chi connectivity index (χ0v) is 17.8. The molecule has 1 aromatic heterocycles. The molecule has 7 nitrogen and oxygen atoms in total. The van der Waals surface area contributed by atoms with Crippen LogP contribution in [-0.4, -0.2) is 71.5 Å². The Labute approximate surface area is 157 Å². The number of nitrogens with two attached hydrogens (primary N) is 1. The molecular formula is C12H25N4NaO3SSi. The van der Waals surface area contributed by atoms with E-state index in [0.717, 1.165) is 6.04 Å². The fraction of sp³-hybridized carbons (Fsp3) is 0.750. The van der Waals surface area contributed by atoms with Crippen molar-refractivity contribution >= 4 is 55.3 Å². The monoisotopic (exact) mass is 356 g/mol. The van der Waals surface area contributed by atoms with Gasteiger partial charge in [-0.1, -0.05) is 0 Å². The molecule has 0 radical (unpaired) electrons. The summed E-state index contributed by atoms with van der Waals surface area (Å²) in [6, 6.07) is 0.978. The number of rotatable bonds is 9. The maximum absolute atomic E-state index is 5.72. The van der Waals surface area contributed by atoms with Crippen molar-refractivity contribution in [3.8, 4) is 0 Å². The second-order valence-electron chi connectivity index (χ2n) is 4.23. The van der Waals surface area contributed by atoms with Crippen molar-refractivity contribution in [2.45, 2.75) is 42.1 Å². The van der Waals surface area contributed by atoms with Gasteiger partial charge in [-0.25, -0.2) is 9.97 Å². The summed E-state index contributed by atoms with van der Waals surface area (Å²) >= 11 is 5.06. The van der Waals surface area contributed by atoms with Crippen LogP contribution in [0.2, 0.25) is 9.71 Å². The second kappa shape index (κ2) is 13.7. The Hall–Kier alpha value is 0.257. The minimum absolute atomic E-state index is 0.199. The van der Waals surface area contributed by atoms with Gasteiger partial charge in [0.1, 0.15) is 6.33 Å². The Morgan fingerprint density at radius 3 is 2.00 bits per heavy atom. The number of hydrogen-bond acceptors (Lipinski definition) is 8. The van der Waals surface area contributed by atoms with Gasteiger partial charge in [0, 0.05) is 0 Å². The average molecular weight is 356 g/mol. The quantitative estimate of drug-likeness (QED) is 0.514. The zero-order chi connectivity index (χ0) is 16.8. The largest absolute Gasteiger partial charge is 0.368 e. The van der Waals surface area contributed by atoms with Crippen molar-refractivity contribution in [2.75, 3.05) is 25.6 Å². The van der Waals surface area contributed by atoms with Crippen LogP contribution in [0.1, 0.15) is 27.2 Å². The van der Waals surface area contributed by atoms with Gasteiger partial charge in [-0.2, -0.15) is 4.98 Å². The fourth-order valence-electron chi connectivity index (χ4n) is 1.69. The van der Waals surface area contributed by atoms with E-state index in [1.807, 2.05) is 20.8 Å². The van der Waals surface area contributed by atoms with Crippen LogP contribution in [0, 0.1) is 0 Å². The van der Waals surface area contributed by atoms with E-state index in [0.29, 0.717) is 25.0 Å². The van der Waals surface area contributed by atoms with E-state index in [4.69, 9.17) is 19.0 Å². The van der Waals surface area contributed by atoms with Gasteiger partial charge in [-0.05, 0) is 0 Å². The van der Waals surface area contributed by atoms with Crippen LogP contribution in [0.25, 0.3) is 0 Å². The minimum Gasteiger partial charge on any atom is -0.368 e. The molecule has 1 heterocycles. The van der Waals surface area contributed by atoms with Crippen molar-refractivity contribution in [3.63, 3.8) is 0 Å². The summed E-state index contributed by atoms with van der Waals surface area (Å²) in [5.74, 6) is 0.199. The first kappa shape index (κ1) is 22.3. The topological polar surface area (TPSA) is 92.4 Å². The van der Waals surface area contributed by atoms with E-state index in [-0.39, 0.29) is 5.95 Å². The van der Waals surface area contributed by atoms with Crippen LogP contribution in [0.4, 0.5) is 5.95 Å². The van der Waals surface area contributed by atoms with Crippen LogP contribution in [0.3, 0.4) is 0 Å². The maximum Gasteiger partial charge on any atom is 0.223 e. The van der Waals surface area contributed by atoms with Crippen LogP contribution in [-0.2, 0) is 13.3 Å². The van der Waals surface area contributed by atoms with Crippen LogP contribution >= 0.6 is 12.6 Å². The first-order chi connectivity index (χ1) is 10.5. The summed E-state index contributed by atoms with van der Waals surface area (Å²) in [5, 5.41) is 0.345. The molecule has 0 saturated heterocycles. The van der Waals surface area contributed by atoms with E-state index in [2.05, 4.69) is 27.6 Å². The van der Waals surface area contributed by atoms with Crippen molar-refractivity contribution in [1.82, 2.24) is 15.0 Å². The molecule has 1 rings (SSSR count). The molecule has 2 N–H and O–H groups in total. The number of aromatic nitrogens is 3. The van der Waals surface area contributed by atoms with E-state index in [9.17, 15) is 0 Å². The predicted octanol–water partition coefficient (Wildman–Crippen LogP) is 1.75. The second-order valence-corrected chi connectivity index (χ2v) is 8.36. The van der Waals surface area contributed by atoms with E-state index in [1.54, 1.807) is 0 Å². The standard InChI is InChI=1S/C9H21O3Si.C3H4N4S.Na/c1-5-9-13(10-6-2,11-7-3)12-8-4;4-2-5-1-6-3(8)7-2;/h1,5-9H2,2-4H3;1H,(H3,4,5,6,7,8);. The first-order valence-electron chi connectivity index (χ1n) is 7.58. The number of nitrogen functional groups attached to an aromatic ring is 1. The molecule has 0 aliphatic rings. The molecule has 0 bridgehead atoms. The molecule has 0 unspecified atom stereocenters. The van der Waals surface area contributed by atoms with Gasteiger partial charge in [0.15, 0.2) is 5.16 Å². The van der Waals surface area contributed by atoms with Crippen molar-refractivity contribution in [2.24, 2.45) is 0 Å². The summed E-state index contributed by atoms with van der Waals surface area (Å²) in [6.07, 6.45) is 2.49. The molecular weight excluding hydrogens is 331 g/mol. The summed E-state index contributed by atoms with van der Waals surface area (Å²) in [6.45, 7) is 8.07. The molecule has 0 aliphatic carbocycles. The molecule has 10 heteroatoms. The number of thiol groups is 1. The van der Waals surface area contributed by atoms with Gasteiger partial charge < -0.3 is 5.73 Å². The SMILES string of the molecule is CCO[Si](CC[CH2][Na])(OCC)OCC.Nc1ncnc(S)n1. The van der Waals surface area contributed by atoms with Crippen LogP contribution in [0.15, 0.2) is 11.5 Å². The van der Waals surface area contributed by atoms with Gasteiger partial charge in [-0.15, -0.1) is 12.6 Å². The summed E-state index contributed by atoms with van der Waals surface area (Å²) in [4.78, 5) is 10.7. The Morgan fingerprint density at radius 2 is 1.68 bits per heavy atom. The van der Waals surface area contributed by atoms with E-state index in [1.165, 1.54) is 44.3 Å². The van der Waals surface area contributed by atoms with Crippen LogP contribution in [0.5, 0.6) is 0 Å². The third kappa shape index (κ3) is 10.1. The normalized spacial score (nSPS) is 11.0. The Bertz CT molecular complexity index is 372. The summed E-state index contributed by atoms with van der Waals surface area (Å²) in [7, 11) is -2.29. The van der Waals surface area contributed by atoms with Crippen molar-refractivity contribution in [1.29, 1.82) is 0 Å². The molecule has 0 spiro atoms.